The van der Waals surface area contributed by atoms with E-state index in [0.717, 1.165) is 0 Å². The lowest BCUT2D eigenvalue weighted by atomic mass is 9.99. The fraction of sp³-hybridized carbons (Fsp3) is 0.556. The summed E-state index contributed by atoms with van der Waals surface area (Å²) in [6.07, 6.45) is 0. The van der Waals surface area contributed by atoms with Crippen LogP contribution in [0.2, 0.25) is 5.02 Å². The standard InChI is InChI=1S/C18H25ClN2O4/c1-12-10-21(11-16(12)18(23)24)13(2)17(22)20(3)8-9-25-15-6-4-14(19)5-7-15/h4-7,12-13,16H,8-11H2,1-3H3,(H,23,24)/t12-,13?,16-/m1/s1. The first-order valence-electron chi connectivity index (χ1n) is 8.39. The Morgan fingerprint density at radius 1 is 1.36 bits per heavy atom. The van der Waals surface area contributed by atoms with Gasteiger partial charge < -0.3 is 14.7 Å². The third-order valence-corrected chi connectivity index (χ3v) is 5.00. The molecular weight excluding hydrogens is 344 g/mol. The van der Waals surface area contributed by atoms with Gasteiger partial charge in [-0.05, 0) is 37.1 Å². The molecule has 6 nitrogen and oxygen atoms in total. The van der Waals surface area contributed by atoms with E-state index in [1.165, 1.54) is 0 Å². The monoisotopic (exact) mass is 368 g/mol. The van der Waals surface area contributed by atoms with Crippen molar-refractivity contribution >= 4 is 23.5 Å². The number of carboxylic acids is 1. The van der Waals surface area contributed by atoms with E-state index in [9.17, 15) is 14.7 Å². The predicted molar refractivity (Wildman–Crippen MR) is 95.9 cm³/mol. The van der Waals surface area contributed by atoms with Gasteiger partial charge in [0, 0.05) is 25.2 Å². The average molecular weight is 369 g/mol. The average Bonchev–Trinajstić information content (AvgIpc) is 2.97. The van der Waals surface area contributed by atoms with Crippen molar-refractivity contribution in [2.75, 3.05) is 33.3 Å². The predicted octanol–water partition coefficient (Wildman–Crippen LogP) is 2.22. The Bertz CT molecular complexity index is 608. The van der Waals surface area contributed by atoms with Crippen LogP contribution in [0, 0.1) is 11.8 Å². The van der Waals surface area contributed by atoms with Gasteiger partial charge in [0.1, 0.15) is 12.4 Å². The van der Waals surface area contributed by atoms with E-state index in [4.69, 9.17) is 16.3 Å². The van der Waals surface area contributed by atoms with Crippen molar-refractivity contribution in [2.45, 2.75) is 19.9 Å². The van der Waals surface area contributed by atoms with Crippen LogP contribution in [0.15, 0.2) is 24.3 Å². The molecule has 0 spiro atoms. The highest BCUT2D eigenvalue weighted by atomic mass is 35.5. The molecule has 0 bridgehead atoms. The van der Waals surface area contributed by atoms with Crippen LogP contribution in [-0.4, -0.2) is 66.1 Å². The molecule has 1 N–H and O–H groups in total. The number of likely N-dealkylation sites (N-methyl/N-ethyl adjacent to an activating group) is 1. The van der Waals surface area contributed by atoms with Gasteiger partial charge in [0.25, 0.3) is 0 Å². The third-order valence-electron chi connectivity index (χ3n) is 4.75. The number of hydrogen-bond donors (Lipinski definition) is 1. The number of hydrogen-bond acceptors (Lipinski definition) is 4. The van der Waals surface area contributed by atoms with Crippen molar-refractivity contribution in [1.29, 1.82) is 0 Å². The minimum Gasteiger partial charge on any atom is -0.492 e. The second-order valence-electron chi connectivity index (χ2n) is 6.61. The summed E-state index contributed by atoms with van der Waals surface area (Å²) < 4.78 is 5.61. The summed E-state index contributed by atoms with van der Waals surface area (Å²) in [6, 6.07) is 6.73. The Kier molecular flexibility index (Phi) is 6.67. The van der Waals surface area contributed by atoms with Gasteiger partial charge in [0.2, 0.25) is 5.91 Å². The summed E-state index contributed by atoms with van der Waals surface area (Å²) in [5, 5.41) is 9.87. The number of aliphatic carboxylic acids is 1. The Hall–Kier alpha value is -1.79. The highest BCUT2D eigenvalue weighted by Gasteiger charge is 2.38. The van der Waals surface area contributed by atoms with E-state index in [2.05, 4.69) is 0 Å². The molecule has 1 aliphatic rings. The molecule has 1 aliphatic heterocycles. The maximum Gasteiger partial charge on any atom is 0.308 e. The van der Waals surface area contributed by atoms with Crippen LogP contribution >= 0.6 is 11.6 Å². The number of ether oxygens (including phenoxy) is 1. The summed E-state index contributed by atoms with van der Waals surface area (Å²) in [6.45, 7) is 5.62. The van der Waals surface area contributed by atoms with E-state index < -0.39 is 11.9 Å². The molecule has 1 aromatic carbocycles. The molecular formula is C18H25ClN2O4. The molecule has 1 fully saturated rings. The van der Waals surface area contributed by atoms with Crippen molar-refractivity contribution in [3.05, 3.63) is 29.3 Å². The molecule has 25 heavy (non-hydrogen) atoms. The van der Waals surface area contributed by atoms with Crippen LogP contribution in [0.5, 0.6) is 5.75 Å². The van der Waals surface area contributed by atoms with Crippen LogP contribution in [0.3, 0.4) is 0 Å². The van der Waals surface area contributed by atoms with Crippen LogP contribution in [-0.2, 0) is 9.59 Å². The number of nitrogens with zero attached hydrogens (tertiary/aromatic N) is 2. The van der Waals surface area contributed by atoms with Gasteiger partial charge in [0.05, 0.1) is 18.5 Å². The highest BCUT2D eigenvalue weighted by molar-refractivity contribution is 6.30. The van der Waals surface area contributed by atoms with Crippen LogP contribution in [0.25, 0.3) is 0 Å². The van der Waals surface area contributed by atoms with Crippen molar-refractivity contribution < 1.29 is 19.4 Å². The van der Waals surface area contributed by atoms with Gasteiger partial charge in [-0.25, -0.2) is 0 Å². The van der Waals surface area contributed by atoms with Gasteiger partial charge in [0.15, 0.2) is 0 Å². The van der Waals surface area contributed by atoms with E-state index in [-0.39, 0.29) is 17.9 Å². The molecule has 0 aromatic heterocycles. The fourth-order valence-electron chi connectivity index (χ4n) is 3.06. The molecule has 0 radical (unpaired) electrons. The zero-order valence-corrected chi connectivity index (χ0v) is 15.6. The van der Waals surface area contributed by atoms with Crippen LogP contribution < -0.4 is 4.74 Å². The molecule has 3 atom stereocenters. The SMILES string of the molecule is CC(C(=O)N(C)CCOc1ccc(Cl)cc1)N1C[C@@H](C)[C@H](C(=O)O)C1. The van der Waals surface area contributed by atoms with Crippen LogP contribution in [0.1, 0.15) is 13.8 Å². The third kappa shape index (κ3) is 5.09. The zero-order chi connectivity index (χ0) is 18.6. The second kappa shape index (κ2) is 8.54. The molecule has 138 valence electrons. The first kappa shape index (κ1) is 19.5. The molecule has 1 heterocycles. The summed E-state index contributed by atoms with van der Waals surface area (Å²) in [7, 11) is 1.73. The summed E-state index contributed by atoms with van der Waals surface area (Å²) in [5.41, 5.74) is 0. The normalized spacial score (nSPS) is 21.8. The first-order valence-corrected chi connectivity index (χ1v) is 8.77. The topological polar surface area (TPSA) is 70.1 Å². The number of rotatable bonds is 7. The van der Waals surface area contributed by atoms with Gasteiger partial charge in [-0.3, -0.25) is 14.5 Å². The van der Waals surface area contributed by atoms with Crippen molar-refractivity contribution in [1.82, 2.24) is 9.80 Å². The Morgan fingerprint density at radius 2 is 2.00 bits per heavy atom. The van der Waals surface area contributed by atoms with Gasteiger partial charge in [-0.2, -0.15) is 0 Å². The van der Waals surface area contributed by atoms with Crippen molar-refractivity contribution in [3.8, 4) is 5.75 Å². The zero-order valence-electron chi connectivity index (χ0n) is 14.8. The molecule has 2 rings (SSSR count). The van der Waals surface area contributed by atoms with Crippen LogP contribution in [0.4, 0.5) is 0 Å². The quantitative estimate of drug-likeness (QED) is 0.799. The summed E-state index contributed by atoms with van der Waals surface area (Å²) in [5.74, 6) is -0.478. The maximum atomic E-state index is 12.6. The number of likely N-dealkylation sites (tertiary alicyclic amines) is 1. The number of benzene rings is 1. The van der Waals surface area contributed by atoms with E-state index in [1.807, 2.05) is 18.7 Å². The number of carbonyl (C=O) groups excluding carboxylic acids is 1. The Balaban J connectivity index is 1.80. The molecule has 7 heteroatoms. The Morgan fingerprint density at radius 3 is 2.56 bits per heavy atom. The molecule has 0 saturated carbocycles. The van der Waals surface area contributed by atoms with Gasteiger partial charge >= 0.3 is 5.97 Å². The molecule has 1 unspecified atom stereocenters. The lowest BCUT2D eigenvalue weighted by molar-refractivity contribution is -0.143. The molecule has 1 aromatic rings. The van der Waals surface area contributed by atoms with Crippen molar-refractivity contribution in [2.24, 2.45) is 11.8 Å². The van der Waals surface area contributed by atoms with Crippen molar-refractivity contribution in [3.63, 3.8) is 0 Å². The summed E-state index contributed by atoms with van der Waals surface area (Å²) >= 11 is 5.82. The molecule has 1 amide bonds. The number of amides is 1. The Labute approximate surface area is 153 Å². The lowest BCUT2D eigenvalue weighted by Crippen LogP contribution is -2.46. The number of halogens is 1. The highest BCUT2D eigenvalue weighted by Crippen LogP contribution is 2.25. The number of carboxylic acid groups (broad SMARTS) is 1. The minimum absolute atomic E-state index is 0.0297. The second-order valence-corrected chi connectivity index (χ2v) is 7.05. The van der Waals surface area contributed by atoms with Gasteiger partial charge in [-0.1, -0.05) is 18.5 Å². The smallest absolute Gasteiger partial charge is 0.308 e. The van der Waals surface area contributed by atoms with Gasteiger partial charge in [-0.15, -0.1) is 0 Å². The lowest BCUT2D eigenvalue weighted by Gasteiger charge is -2.28. The molecule has 1 saturated heterocycles. The largest absolute Gasteiger partial charge is 0.492 e. The maximum absolute atomic E-state index is 12.6. The van der Waals surface area contributed by atoms with E-state index in [1.54, 1.807) is 36.2 Å². The van der Waals surface area contributed by atoms with E-state index >= 15 is 0 Å². The minimum atomic E-state index is -0.792. The van der Waals surface area contributed by atoms with E-state index in [0.29, 0.717) is 37.0 Å². The fourth-order valence-corrected chi connectivity index (χ4v) is 3.18. The number of carbonyl (C=O) groups is 2. The first-order chi connectivity index (χ1) is 11.8. The summed E-state index contributed by atoms with van der Waals surface area (Å²) in [4.78, 5) is 27.4. The molecule has 0 aliphatic carbocycles.